The zero-order valence-corrected chi connectivity index (χ0v) is 12.6. The summed E-state index contributed by atoms with van der Waals surface area (Å²) in [5.41, 5.74) is 1.53. The maximum Gasteiger partial charge on any atom is 0.251 e. The lowest BCUT2D eigenvalue weighted by Gasteiger charge is -2.14. The van der Waals surface area contributed by atoms with Crippen LogP contribution in [0.4, 0.5) is 0 Å². The number of amides is 1. The molecule has 2 rings (SSSR count). The summed E-state index contributed by atoms with van der Waals surface area (Å²) in [5, 5.41) is 3.44. The second-order valence-electron chi connectivity index (χ2n) is 4.13. The molecular formula is C14H12BrClN2O. The topological polar surface area (TPSA) is 42.0 Å². The fourth-order valence-corrected chi connectivity index (χ4v) is 2.56. The first-order valence-corrected chi connectivity index (χ1v) is 6.90. The van der Waals surface area contributed by atoms with Gasteiger partial charge in [0.05, 0.1) is 6.04 Å². The van der Waals surface area contributed by atoms with Crippen LogP contribution in [-0.4, -0.2) is 10.9 Å². The Hall–Kier alpha value is -1.39. The molecule has 0 radical (unpaired) electrons. The second kappa shape index (κ2) is 6.17. The fourth-order valence-electron chi connectivity index (χ4n) is 1.70. The van der Waals surface area contributed by atoms with Crippen molar-refractivity contribution in [1.29, 1.82) is 0 Å². The molecule has 1 aromatic carbocycles. The standard InChI is InChI=1S/C14H12BrClN2O/c1-9(10-2-4-17-5-3-10)18-14(19)11-6-12(15)8-13(16)7-11/h2-9H,1H3,(H,18,19). The third kappa shape index (κ3) is 3.78. The summed E-state index contributed by atoms with van der Waals surface area (Å²) in [7, 11) is 0. The molecule has 5 heteroatoms. The van der Waals surface area contributed by atoms with E-state index in [0.717, 1.165) is 10.0 Å². The molecule has 1 amide bonds. The van der Waals surface area contributed by atoms with Gasteiger partial charge in [-0.2, -0.15) is 0 Å². The molecule has 1 unspecified atom stereocenters. The maximum absolute atomic E-state index is 12.1. The highest BCUT2D eigenvalue weighted by atomic mass is 79.9. The van der Waals surface area contributed by atoms with E-state index in [-0.39, 0.29) is 11.9 Å². The molecule has 0 aliphatic carbocycles. The monoisotopic (exact) mass is 338 g/mol. The average molecular weight is 340 g/mol. The lowest BCUT2D eigenvalue weighted by Crippen LogP contribution is -2.26. The molecule has 0 bridgehead atoms. The van der Waals surface area contributed by atoms with Gasteiger partial charge < -0.3 is 5.32 Å². The highest BCUT2D eigenvalue weighted by molar-refractivity contribution is 9.10. The van der Waals surface area contributed by atoms with Gasteiger partial charge in [-0.15, -0.1) is 0 Å². The summed E-state index contributed by atoms with van der Waals surface area (Å²) in [6.07, 6.45) is 3.40. The van der Waals surface area contributed by atoms with E-state index in [2.05, 4.69) is 26.2 Å². The van der Waals surface area contributed by atoms with Gasteiger partial charge in [0.1, 0.15) is 0 Å². The van der Waals surface area contributed by atoms with Gasteiger partial charge in [0.15, 0.2) is 0 Å². The van der Waals surface area contributed by atoms with Crippen molar-refractivity contribution < 1.29 is 4.79 Å². The van der Waals surface area contributed by atoms with E-state index in [1.807, 2.05) is 19.1 Å². The van der Waals surface area contributed by atoms with Crippen LogP contribution in [0.5, 0.6) is 0 Å². The van der Waals surface area contributed by atoms with E-state index in [1.54, 1.807) is 30.6 Å². The molecule has 0 saturated carbocycles. The number of hydrogen-bond donors (Lipinski definition) is 1. The molecule has 2 aromatic rings. The van der Waals surface area contributed by atoms with Crippen LogP contribution in [-0.2, 0) is 0 Å². The summed E-state index contributed by atoms with van der Waals surface area (Å²) in [5.74, 6) is -0.160. The summed E-state index contributed by atoms with van der Waals surface area (Å²) < 4.78 is 0.779. The predicted octanol–water partition coefficient (Wildman–Crippen LogP) is 3.99. The highest BCUT2D eigenvalue weighted by Gasteiger charge is 2.12. The Labute approximate surface area is 125 Å². The molecule has 0 fully saturated rings. The average Bonchev–Trinajstić information content (AvgIpc) is 2.38. The minimum Gasteiger partial charge on any atom is -0.346 e. The zero-order valence-electron chi connectivity index (χ0n) is 10.2. The van der Waals surface area contributed by atoms with Gasteiger partial charge in [-0.05, 0) is 42.8 Å². The second-order valence-corrected chi connectivity index (χ2v) is 5.49. The van der Waals surface area contributed by atoms with Crippen LogP contribution in [0.3, 0.4) is 0 Å². The Morgan fingerprint density at radius 3 is 2.63 bits per heavy atom. The van der Waals surface area contributed by atoms with Gasteiger partial charge in [0, 0.05) is 27.5 Å². The van der Waals surface area contributed by atoms with Crippen molar-refractivity contribution in [3.63, 3.8) is 0 Å². The van der Waals surface area contributed by atoms with Crippen molar-refractivity contribution in [1.82, 2.24) is 10.3 Å². The fraction of sp³-hybridized carbons (Fsp3) is 0.143. The molecule has 19 heavy (non-hydrogen) atoms. The van der Waals surface area contributed by atoms with Gasteiger partial charge in [0.25, 0.3) is 5.91 Å². The molecule has 98 valence electrons. The summed E-state index contributed by atoms with van der Waals surface area (Å²) in [6.45, 7) is 1.92. The zero-order chi connectivity index (χ0) is 13.8. The molecule has 1 heterocycles. The Kier molecular flexibility index (Phi) is 4.56. The van der Waals surface area contributed by atoms with Gasteiger partial charge in [-0.1, -0.05) is 27.5 Å². The highest BCUT2D eigenvalue weighted by Crippen LogP contribution is 2.20. The van der Waals surface area contributed by atoms with Crippen LogP contribution in [0.25, 0.3) is 0 Å². The van der Waals surface area contributed by atoms with Crippen LogP contribution in [0, 0.1) is 0 Å². The number of pyridine rings is 1. The van der Waals surface area contributed by atoms with E-state index in [4.69, 9.17) is 11.6 Å². The first-order chi connectivity index (χ1) is 9.06. The van der Waals surface area contributed by atoms with E-state index in [9.17, 15) is 4.79 Å². The number of carbonyl (C=O) groups excluding carboxylic acids is 1. The maximum atomic E-state index is 12.1. The van der Waals surface area contributed by atoms with E-state index >= 15 is 0 Å². The van der Waals surface area contributed by atoms with Crippen LogP contribution in [0.2, 0.25) is 5.02 Å². The van der Waals surface area contributed by atoms with Gasteiger partial charge in [-0.25, -0.2) is 0 Å². The lowest BCUT2D eigenvalue weighted by molar-refractivity contribution is 0.0940. The number of hydrogen-bond acceptors (Lipinski definition) is 2. The smallest absolute Gasteiger partial charge is 0.251 e. The summed E-state index contributed by atoms with van der Waals surface area (Å²) >= 11 is 9.25. The number of halogens is 2. The number of carbonyl (C=O) groups is 1. The number of benzene rings is 1. The van der Waals surface area contributed by atoms with E-state index in [1.165, 1.54) is 0 Å². The number of aromatic nitrogens is 1. The van der Waals surface area contributed by atoms with Crippen molar-refractivity contribution in [2.75, 3.05) is 0 Å². The van der Waals surface area contributed by atoms with Crippen molar-refractivity contribution in [3.8, 4) is 0 Å². The Bertz CT molecular complexity index is 569. The predicted molar refractivity (Wildman–Crippen MR) is 79.3 cm³/mol. The molecule has 0 spiro atoms. The Morgan fingerprint density at radius 1 is 1.32 bits per heavy atom. The molecule has 0 aliphatic rings. The van der Waals surface area contributed by atoms with Gasteiger partial charge in [-0.3, -0.25) is 9.78 Å². The van der Waals surface area contributed by atoms with E-state index < -0.39 is 0 Å². The first-order valence-electron chi connectivity index (χ1n) is 5.73. The van der Waals surface area contributed by atoms with Crippen LogP contribution >= 0.6 is 27.5 Å². The number of nitrogens with one attached hydrogen (secondary N) is 1. The molecule has 3 nitrogen and oxygen atoms in total. The van der Waals surface area contributed by atoms with Crippen LogP contribution in [0.15, 0.2) is 47.2 Å². The Morgan fingerprint density at radius 2 is 2.00 bits per heavy atom. The minimum atomic E-state index is -0.160. The summed E-state index contributed by atoms with van der Waals surface area (Å²) in [4.78, 5) is 16.1. The van der Waals surface area contributed by atoms with Crippen LogP contribution in [0.1, 0.15) is 28.9 Å². The van der Waals surface area contributed by atoms with Crippen molar-refractivity contribution >= 4 is 33.4 Å². The molecule has 0 aliphatic heterocycles. The number of nitrogens with zero attached hydrogens (tertiary/aromatic N) is 1. The molecule has 1 atom stereocenters. The summed E-state index contributed by atoms with van der Waals surface area (Å²) in [6, 6.07) is 8.78. The number of rotatable bonds is 3. The lowest BCUT2D eigenvalue weighted by atomic mass is 10.1. The SMILES string of the molecule is CC(NC(=O)c1cc(Cl)cc(Br)c1)c1ccncc1. The Balaban J connectivity index is 2.13. The van der Waals surface area contributed by atoms with Crippen LogP contribution < -0.4 is 5.32 Å². The van der Waals surface area contributed by atoms with Crippen molar-refractivity contribution in [2.24, 2.45) is 0 Å². The molecular weight excluding hydrogens is 328 g/mol. The van der Waals surface area contributed by atoms with Crippen molar-refractivity contribution in [3.05, 3.63) is 63.3 Å². The minimum absolute atomic E-state index is 0.0896. The third-order valence-electron chi connectivity index (χ3n) is 2.68. The molecule has 0 saturated heterocycles. The largest absolute Gasteiger partial charge is 0.346 e. The van der Waals surface area contributed by atoms with Crippen molar-refractivity contribution in [2.45, 2.75) is 13.0 Å². The first kappa shape index (κ1) is 14.0. The van der Waals surface area contributed by atoms with Gasteiger partial charge >= 0.3 is 0 Å². The quantitative estimate of drug-likeness (QED) is 0.918. The molecule has 1 aromatic heterocycles. The van der Waals surface area contributed by atoms with Gasteiger partial charge in [0.2, 0.25) is 0 Å². The van der Waals surface area contributed by atoms with E-state index in [0.29, 0.717) is 10.6 Å². The normalized spacial score (nSPS) is 11.9. The molecule has 1 N–H and O–H groups in total. The third-order valence-corrected chi connectivity index (χ3v) is 3.35.